The number of carbonyl (C=O) groups is 1. The molecule has 1 atom stereocenters. The Hall–Kier alpha value is -1.73. The number of anilines is 1. The van der Waals surface area contributed by atoms with E-state index in [9.17, 15) is 9.90 Å². The van der Waals surface area contributed by atoms with E-state index in [1.165, 1.54) is 11.2 Å². The molecule has 2 aromatic rings. The summed E-state index contributed by atoms with van der Waals surface area (Å²) in [5.74, 6) is -0.158. The molecule has 0 amide bonds. The van der Waals surface area contributed by atoms with E-state index in [2.05, 4.69) is 16.9 Å². The van der Waals surface area contributed by atoms with E-state index >= 15 is 0 Å². The molecule has 7 heteroatoms. The topological polar surface area (TPSA) is 92.3 Å². The number of carboxylic acid groups (broad SMARTS) is 1. The SMILES string of the molecule is Cc1sc2ncnc(N3CCC(N)(C(=O)O)C3)c2c1C. The van der Waals surface area contributed by atoms with Gasteiger partial charge in [0.2, 0.25) is 0 Å². The Bertz CT molecular complexity index is 699. The summed E-state index contributed by atoms with van der Waals surface area (Å²) in [6, 6.07) is 0. The largest absolute Gasteiger partial charge is 0.480 e. The van der Waals surface area contributed by atoms with Gasteiger partial charge >= 0.3 is 5.97 Å². The molecule has 3 N–H and O–H groups in total. The fourth-order valence-electron chi connectivity index (χ4n) is 2.59. The number of hydrogen-bond donors (Lipinski definition) is 2. The van der Waals surface area contributed by atoms with Crippen LogP contribution in [-0.2, 0) is 4.79 Å². The number of rotatable bonds is 2. The number of aliphatic carboxylic acids is 1. The summed E-state index contributed by atoms with van der Waals surface area (Å²) < 4.78 is 0. The summed E-state index contributed by atoms with van der Waals surface area (Å²) in [6.45, 7) is 4.98. The molecular formula is C13H16N4O2S. The second-order valence-corrected chi connectivity index (χ2v) is 6.50. The summed E-state index contributed by atoms with van der Waals surface area (Å²) in [7, 11) is 0. The van der Waals surface area contributed by atoms with Crippen LogP contribution in [0.25, 0.3) is 10.2 Å². The van der Waals surface area contributed by atoms with E-state index in [-0.39, 0.29) is 6.54 Å². The molecule has 1 fully saturated rings. The van der Waals surface area contributed by atoms with Crippen LogP contribution in [0.15, 0.2) is 6.33 Å². The van der Waals surface area contributed by atoms with Gasteiger partial charge in [-0.15, -0.1) is 11.3 Å². The molecule has 2 aromatic heterocycles. The van der Waals surface area contributed by atoms with Gasteiger partial charge in [-0.2, -0.15) is 0 Å². The zero-order valence-corrected chi connectivity index (χ0v) is 12.2. The van der Waals surface area contributed by atoms with Crippen molar-refractivity contribution in [2.75, 3.05) is 18.0 Å². The minimum atomic E-state index is -1.18. The number of nitrogens with zero attached hydrogens (tertiary/aromatic N) is 3. The van der Waals surface area contributed by atoms with E-state index in [4.69, 9.17) is 5.73 Å². The fourth-order valence-corrected chi connectivity index (χ4v) is 3.58. The highest BCUT2D eigenvalue weighted by molar-refractivity contribution is 7.18. The first kappa shape index (κ1) is 13.3. The van der Waals surface area contributed by atoms with Crippen molar-refractivity contribution < 1.29 is 9.90 Å². The third-order valence-electron chi connectivity index (χ3n) is 3.97. The van der Waals surface area contributed by atoms with Gasteiger partial charge in [0.25, 0.3) is 0 Å². The molecule has 0 aromatic carbocycles. The second kappa shape index (κ2) is 4.39. The number of fused-ring (bicyclic) bond motifs is 1. The molecule has 6 nitrogen and oxygen atoms in total. The van der Waals surface area contributed by atoms with Crippen molar-refractivity contribution in [1.29, 1.82) is 0 Å². The van der Waals surface area contributed by atoms with Crippen LogP contribution in [0.4, 0.5) is 5.82 Å². The van der Waals surface area contributed by atoms with Crippen molar-refractivity contribution in [3.05, 3.63) is 16.8 Å². The molecule has 106 valence electrons. The van der Waals surface area contributed by atoms with E-state index in [1.807, 2.05) is 11.8 Å². The molecule has 1 saturated heterocycles. The molecule has 0 radical (unpaired) electrons. The lowest BCUT2D eigenvalue weighted by atomic mass is 10.0. The Labute approximate surface area is 120 Å². The van der Waals surface area contributed by atoms with E-state index < -0.39 is 11.5 Å². The zero-order chi connectivity index (χ0) is 14.5. The molecule has 0 saturated carbocycles. The number of hydrogen-bond acceptors (Lipinski definition) is 6. The van der Waals surface area contributed by atoms with E-state index in [0.717, 1.165) is 21.6 Å². The lowest BCUT2D eigenvalue weighted by Crippen LogP contribution is -2.50. The predicted octanol–water partition coefficient (Wildman–Crippen LogP) is 1.30. The Balaban J connectivity index is 2.06. The number of carboxylic acids is 1. The van der Waals surface area contributed by atoms with Gasteiger partial charge in [0.05, 0.1) is 5.39 Å². The predicted molar refractivity (Wildman–Crippen MR) is 78.3 cm³/mol. The van der Waals surface area contributed by atoms with Gasteiger partial charge in [0.1, 0.15) is 22.5 Å². The highest BCUT2D eigenvalue weighted by Crippen LogP contribution is 2.36. The quantitative estimate of drug-likeness (QED) is 0.866. The maximum atomic E-state index is 11.3. The molecule has 3 rings (SSSR count). The first-order chi connectivity index (χ1) is 9.42. The highest BCUT2D eigenvalue weighted by Gasteiger charge is 2.42. The van der Waals surface area contributed by atoms with Gasteiger partial charge < -0.3 is 15.7 Å². The average molecular weight is 292 g/mol. The van der Waals surface area contributed by atoms with Gasteiger partial charge in [0, 0.05) is 18.0 Å². The molecule has 1 aliphatic heterocycles. The van der Waals surface area contributed by atoms with Crippen LogP contribution < -0.4 is 10.6 Å². The van der Waals surface area contributed by atoms with Gasteiger partial charge in [-0.05, 0) is 25.8 Å². The van der Waals surface area contributed by atoms with E-state index in [1.54, 1.807) is 11.3 Å². The zero-order valence-electron chi connectivity index (χ0n) is 11.4. The average Bonchev–Trinajstić information content (AvgIpc) is 2.93. The lowest BCUT2D eigenvalue weighted by molar-refractivity contribution is -0.142. The third kappa shape index (κ3) is 1.85. The summed E-state index contributed by atoms with van der Waals surface area (Å²) in [4.78, 5) is 24.0. The third-order valence-corrected chi connectivity index (χ3v) is 5.09. The maximum Gasteiger partial charge on any atom is 0.325 e. The van der Waals surface area contributed by atoms with Crippen LogP contribution in [0.5, 0.6) is 0 Å². The van der Waals surface area contributed by atoms with Crippen molar-refractivity contribution in [2.24, 2.45) is 5.73 Å². The minimum Gasteiger partial charge on any atom is -0.480 e. The van der Waals surface area contributed by atoms with Crippen molar-refractivity contribution in [1.82, 2.24) is 9.97 Å². The molecule has 1 unspecified atom stereocenters. The summed E-state index contributed by atoms with van der Waals surface area (Å²) >= 11 is 1.63. The van der Waals surface area contributed by atoms with Crippen LogP contribution in [0.2, 0.25) is 0 Å². The fraction of sp³-hybridized carbons (Fsp3) is 0.462. The van der Waals surface area contributed by atoms with Crippen LogP contribution >= 0.6 is 11.3 Å². The van der Waals surface area contributed by atoms with Crippen molar-refractivity contribution in [3.8, 4) is 0 Å². The van der Waals surface area contributed by atoms with Crippen LogP contribution in [0.3, 0.4) is 0 Å². The van der Waals surface area contributed by atoms with Crippen LogP contribution in [-0.4, -0.2) is 39.7 Å². The van der Waals surface area contributed by atoms with Gasteiger partial charge in [-0.3, -0.25) is 4.79 Å². The van der Waals surface area contributed by atoms with Crippen molar-refractivity contribution in [2.45, 2.75) is 25.8 Å². The standard InChI is InChI=1S/C13H16N4O2S/c1-7-8(2)20-11-9(7)10(15-6-16-11)17-4-3-13(14,5-17)12(18)19/h6H,3-5,14H2,1-2H3,(H,18,19). The van der Waals surface area contributed by atoms with E-state index in [0.29, 0.717) is 13.0 Å². The normalized spacial score (nSPS) is 22.6. The van der Waals surface area contributed by atoms with Crippen LogP contribution in [0, 0.1) is 13.8 Å². The van der Waals surface area contributed by atoms with Gasteiger partial charge in [0.15, 0.2) is 0 Å². The Morgan fingerprint density at radius 1 is 1.50 bits per heavy atom. The molecule has 3 heterocycles. The first-order valence-corrected chi connectivity index (χ1v) is 7.22. The number of thiophene rings is 1. The molecular weight excluding hydrogens is 276 g/mol. The summed E-state index contributed by atoms with van der Waals surface area (Å²) in [6.07, 6.45) is 1.96. The van der Waals surface area contributed by atoms with Crippen molar-refractivity contribution >= 4 is 33.3 Å². The Morgan fingerprint density at radius 3 is 2.90 bits per heavy atom. The van der Waals surface area contributed by atoms with Crippen LogP contribution in [0.1, 0.15) is 16.9 Å². The second-order valence-electron chi connectivity index (χ2n) is 5.29. The summed E-state index contributed by atoms with van der Waals surface area (Å²) in [5, 5.41) is 10.2. The Morgan fingerprint density at radius 2 is 2.25 bits per heavy atom. The summed E-state index contributed by atoms with van der Waals surface area (Å²) in [5.41, 5.74) is 5.91. The molecule has 0 bridgehead atoms. The Kier molecular flexibility index (Phi) is 2.91. The molecule has 0 spiro atoms. The minimum absolute atomic E-state index is 0.281. The van der Waals surface area contributed by atoms with Gasteiger partial charge in [-0.25, -0.2) is 9.97 Å². The number of aryl methyl sites for hydroxylation is 2. The number of aromatic nitrogens is 2. The highest BCUT2D eigenvalue weighted by atomic mass is 32.1. The molecule has 20 heavy (non-hydrogen) atoms. The first-order valence-electron chi connectivity index (χ1n) is 6.40. The van der Waals surface area contributed by atoms with Gasteiger partial charge in [-0.1, -0.05) is 0 Å². The maximum absolute atomic E-state index is 11.3. The molecule has 1 aliphatic rings. The number of nitrogens with two attached hydrogens (primary N) is 1. The monoisotopic (exact) mass is 292 g/mol. The lowest BCUT2D eigenvalue weighted by Gasteiger charge is -2.21. The van der Waals surface area contributed by atoms with Crippen molar-refractivity contribution in [3.63, 3.8) is 0 Å². The smallest absolute Gasteiger partial charge is 0.325 e. The molecule has 0 aliphatic carbocycles.